The van der Waals surface area contributed by atoms with E-state index in [2.05, 4.69) is 37.5 Å². The maximum absolute atomic E-state index is 2.81. The Morgan fingerprint density at radius 1 is 1.11 bits per heavy atom. The molecule has 2 heteroatoms. The Kier molecular flexibility index (Phi) is 2.37. The van der Waals surface area contributed by atoms with Gasteiger partial charge in [0.05, 0.1) is 0 Å². The van der Waals surface area contributed by atoms with Crippen LogP contribution in [0.4, 0.5) is 0 Å². The van der Waals surface area contributed by atoms with Gasteiger partial charge in [0.15, 0.2) is 0 Å². The molecule has 2 aliphatic carbocycles. The molecular formula is C17H30N2. The van der Waals surface area contributed by atoms with E-state index in [4.69, 9.17) is 0 Å². The minimum absolute atomic E-state index is 0.354. The van der Waals surface area contributed by atoms with Gasteiger partial charge < -0.3 is 4.90 Å². The van der Waals surface area contributed by atoms with Crippen LogP contribution in [-0.4, -0.2) is 47.1 Å². The zero-order valence-corrected chi connectivity index (χ0v) is 13.2. The summed E-state index contributed by atoms with van der Waals surface area (Å²) in [5, 5.41) is 0. The van der Waals surface area contributed by atoms with Crippen LogP contribution < -0.4 is 0 Å². The topological polar surface area (TPSA) is 6.48 Å². The number of hydrogen-bond donors (Lipinski definition) is 0. The van der Waals surface area contributed by atoms with Crippen molar-refractivity contribution < 1.29 is 0 Å². The molecule has 108 valence electrons. The number of nitrogens with zero attached hydrogens (tertiary/aromatic N) is 2. The third-order valence-electron chi connectivity index (χ3n) is 6.50. The lowest BCUT2D eigenvalue weighted by molar-refractivity contribution is -0.0689. The van der Waals surface area contributed by atoms with E-state index in [-0.39, 0.29) is 0 Å². The first-order valence-electron chi connectivity index (χ1n) is 8.35. The molecule has 0 aromatic heterocycles. The highest BCUT2D eigenvalue weighted by atomic mass is 15.3. The summed E-state index contributed by atoms with van der Waals surface area (Å²) >= 11 is 0. The van der Waals surface area contributed by atoms with Crippen LogP contribution >= 0.6 is 0 Å². The molecule has 0 aromatic rings. The normalized spacial score (nSPS) is 44.8. The van der Waals surface area contributed by atoms with Crippen LogP contribution in [0.15, 0.2) is 0 Å². The fraction of sp³-hybridized carbons (Fsp3) is 1.00. The number of hydrogen-bond acceptors (Lipinski definition) is 2. The van der Waals surface area contributed by atoms with Gasteiger partial charge in [0.2, 0.25) is 0 Å². The van der Waals surface area contributed by atoms with Crippen molar-refractivity contribution in [1.82, 2.24) is 9.80 Å². The molecule has 0 radical (unpaired) electrons. The molecule has 2 nitrogen and oxygen atoms in total. The summed E-state index contributed by atoms with van der Waals surface area (Å²) < 4.78 is 0. The van der Waals surface area contributed by atoms with Gasteiger partial charge in [-0.1, -0.05) is 6.42 Å². The first-order chi connectivity index (χ1) is 8.84. The van der Waals surface area contributed by atoms with Crippen molar-refractivity contribution >= 4 is 0 Å². The maximum atomic E-state index is 2.81. The SMILES string of the molecule is C[C@@H]1CC2(CN3CC4(CCC4)C3)CC2N1C(C)(C)C. The Balaban J connectivity index is 1.39. The van der Waals surface area contributed by atoms with Gasteiger partial charge in [-0.2, -0.15) is 0 Å². The van der Waals surface area contributed by atoms with E-state index in [1.807, 2.05) is 0 Å². The molecule has 0 bridgehead atoms. The monoisotopic (exact) mass is 262 g/mol. The summed E-state index contributed by atoms with van der Waals surface area (Å²) in [7, 11) is 0. The van der Waals surface area contributed by atoms with Gasteiger partial charge in [-0.05, 0) is 58.8 Å². The molecule has 3 atom stereocenters. The van der Waals surface area contributed by atoms with Crippen LogP contribution in [-0.2, 0) is 0 Å². The van der Waals surface area contributed by atoms with Gasteiger partial charge in [-0.3, -0.25) is 4.90 Å². The minimum atomic E-state index is 0.354. The van der Waals surface area contributed by atoms with E-state index in [0.29, 0.717) is 11.0 Å². The largest absolute Gasteiger partial charge is 0.302 e. The third kappa shape index (κ3) is 1.75. The van der Waals surface area contributed by atoms with Crippen molar-refractivity contribution in [3.05, 3.63) is 0 Å². The van der Waals surface area contributed by atoms with Crippen molar-refractivity contribution in [3.8, 4) is 0 Å². The standard InChI is InChI=1S/C17H30N2/c1-13-8-17(9-14(17)19(13)15(2,3)4)12-18-10-16(11-18)6-5-7-16/h13-14H,5-12H2,1-4H3/t13-,14?,17?/m1/s1. The molecular weight excluding hydrogens is 232 g/mol. The van der Waals surface area contributed by atoms with E-state index < -0.39 is 0 Å². The average molecular weight is 262 g/mol. The quantitative estimate of drug-likeness (QED) is 0.754. The number of fused-ring (bicyclic) bond motifs is 1. The summed E-state index contributed by atoms with van der Waals surface area (Å²) in [5.41, 5.74) is 1.83. The Labute approximate surface area is 118 Å². The highest BCUT2D eigenvalue weighted by Gasteiger charge is 2.66. The molecule has 2 saturated carbocycles. The first-order valence-corrected chi connectivity index (χ1v) is 8.35. The molecule has 4 aliphatic rings. The van der Waals surface area contributed by atoms with E-state index in [1.54, 1.807) is 0 Å². The van der Waals surface area contributed by atoms with Crippen LogP contribution in [0.1, 0.15) is 59.8 Å². The van der Waals surface area contributed by atoms with Gasteiger partial charge >= 0.3 is 0 Å². The second-order valence-corrected chi connectivity index (χ2v) is 9.21. The molecule has 4 fully saturated rings. The molecule has 19 heavy (non-hydrogen) atoms. The molecule has 4 rings (SSSR count). The molecule has 0 amide bonds. The summed E-state index contributed by atoms with van der Waals surface area (Å²) in [6.45, 7) is 13.9. The predicted molar refractivity (Wildman–Crippen MR) is 79.2 cm³/mol. The zero-order valence-electron chi connectivity index (χ0n) is 13.2. The Hall–Kier alpha value is -0.0800. The molecule has 0 N–H and O–H groups in total. The lowest BCUT2D eigenvalue weighted by atomic mass is 9.63. The van der Waals surface area contributed by atoms with Gasteiger partial charge in [-0.25, -0.2) is 0 Å². The number of likely N-dealkylation sites (tertiary alicyclic amines) is 2. The summed E-state index contributed by atoms with van der Waals surface area (Å²) in [4.78, 5) is 5.59. The summed E-state index contributed by atoms with van der Waals surface area (Å²) in [5.74, 6) is 0. The first kappa shape index (κ1) is 12.6. The summed E-state index contributed by atoms with van der Waals surface area (Å²) in [6.07, 6.45) is 7.45. The molecule has 2 aliphatic heterocycles. The fourth-order valence-electron chi connectivity index (χ4n) is 5.75. The van der Waals surface area contributed by atoms with E-state index in [1.165, 1.54) is 51.7 Å². The molecule has 2 unspecified atom stereocenters. The molecule has 1 spiro atoms. The van der Waals surface area contributed by atoms with Gasteiger partial charge in [-0.15, -0.1) is 0 Å². The highest BCUT2D eigenvalue weighted by Crippen LogP contribution is 2.62. The van der Waals surface area contributed by atoms with Gasteiger partial charge in [0.1, 0.15) is 0 Å². The van der Waals surface area contributed by atoms with E-state index in [9.17, 15) is 0 Å². The molecule has 0 aromatic carbocycles. The van der Waals surface area contributed by atoms with Crippen LogP contribution in [0.3, 0.4) is 0 Å². The molecule has 2 saturated heterocycles. The lowest BCUT2D eigenvalue weighted by Gasteiger charge is -2.57. The Morgan fingerprint density at radius 3 is 2.26 bits per heavy atom. The van der Waals surface area contributed by atoms with Crippen molar-refractivity contribution in [1.29, 1.82) is 0 Å². The third-order valence-corrected chi connectivity index (χ3v) is 6.50. The average Bonchev–Trinajstić information content (AvgIpc) is 2.72. The summed E-state index contributed by atoms with van der Waals surface area (Å²) in [6, 6.07) is 1.68. The van der Waals surface area contributed by atoms with Crippen LogP contribution in [0.5, 0.6) is 0 Å². The molecule has 2 heterocycles. The van der Waals surface area contributed by atoms with Crippen molar-refractivity contribution in [3.63, 3.8) is 0 Å². The van der Waals surface area contributed by atoms with Crippen LogP contribution in [0.2, 0.25) is 0 Å². The van der Waals surface area contributed by atoms with Gasteiger partial charge in [0, 0.05) is 42.7 Å². The van der Waals surface area contributed by atoms with Crippen molar-refractivity contribution in [2.75, 3.05) is 19.6 Å². The van der Waals surface area contributed by atoms with Crippen LogP contribution in [0.25, 0.3) is 0 Å². The number of piperidine rings is 1. The second kappa shape index (κ2) is 3.57. The van der Waals surface area contributed by atoms with Crippen LogP contribution in [0, 0.1) is 10.8 Å². The lowest BCUT2D eigenvalue weighted by Crippen LogP contribution is -2.60. The van der Waals surface area contributed by atoms with Crippen molar-refractivity contribution in [2.24, 2.45) is 10.8 Å². The fourth-order valence-corrected chi connectivity index (χ4v) is 5.75. The number of rotatable bonds is 2. The zero-order chi connectivity index (χ0) is 13.5. The highest BCUT2D eigenvalue weighted by molar-refractivity contribution is 5.20. The maximum Gasteiger partial charge on any atom is 0.0179 e. The smallest absolute Gasteiger partial charge is 0.0179 e. The van der Waals surface area contributed by atoms with Gasteiger partial charge in [0.25, 0.3) is 0 Å². The Morgan fingerprint density at radius 2 is 1.79 bits per heavy atom. The minimum Gasteiger partial charge on any atom is -0.302 e. The van der Waals surface area contributed by atoms with E-state index in [0.717, 1.165) is 17.5 Å². The Bertz CT molecular complexity index is 385. The second-order valence-electron chi connectivity index (χ2n) is 9.21. The predicted octanol–water partition coefficient (Wildman–Crippen LogP) is 3.12. The van der Waals surface area contributed by atoms with E-state index >= 15 is 0 Å². The van der Waals surface area contributed by atoms with Crippen molar-refractivity contribution in [2.45, 2.75) is 77.4 Å².